The van der Waals surface area contributed by atoms with E-state index in [9.17, 15) is 22.4 Å². The molecular formula is C16H22Cl3FN2O5S. The van der Waals surface area contributed by atoms with Crippen LogP contribution in [0.15, 0.2) is 29.2 Å². The Morgan fingerprint density at radius 1 is 1.25 bits per heavy atom. The number of nitrogens with two attached hydrogens (primary N) is 1. The fraction of sp³-hybridized carbons (Fsp3) is 0.500. The van der Waals surface area contributed by atoms with Gasteiger partial charge in [0.2, 0.25) is 0 Å². The average molecular weight is 480 g/mol. The summed E-state index contributed by atoms with van der Waals surface area (Å²) in [4.78, 5) is 22.3. The summed E-state index contributed by atoms with van der Waals surface area (Å²) >= 11 is 10.9. The van der Waals surface area contributed by atoms with Crippen molar-refractivity contribution in [3.05, 3.63) is 29.8 Å². The molecule has 0 aliphatic heterocycles. The number of nitrogens with one attached hydrogen (secondary N) is 1. The first-order chi connectivity index (χ1) is 12.6. The molecule has 0 aliphatic rings. The second kappa shape index (κ2) is 12.4. The van der Waals surface area contributed by atoms with Crippen molar-refractivity contribution in [1.29, 1.82) is 0 Å². The first-order valence-electron chi connectivity index (χ1n) is 7.94. The number of hydrogen-bond acceptors (Lipinski definition) is 6. The van der Waals surface area contributed by atoms with Gasteiger partial charge in [-0.3, -0.25) is 9.59 Å². The average Bonchev–Trinajstić information content (AvgIpc) is 2.61. The largest absolute Gasteiger partial charge is 0.455 e. The molecule has 28 heavy (non-hydrogen) atoms. The molecule has 160 valence electrons. The molecule has 2 unspecified atom stereocenters. The van der Waals surface area contributed by atoms with E-state index in [1.54, 1.807) is 0 Å². The predicted molar refractivity (Wildman–Crippen MR) is 107 cm³/mol. The number of carbonyl (C=O) groups is 2. The van der Waals surface area contributed by atoms with Crippen LogP contribution in [-0.2, 0) is 24.2 Å². The highest BCUT2D eigenvalue weighted by Crippen LogP contribution is 2.25. The SMILES string of the molecule is CS(=O)(=O)c1ccc(C(OC(=O)CCCN)C(CF)NC(=O)C(Cl)Cl)cc1.Cl. The standard InChI is InChI=1S/C16H21Cl2FN2O5S.ClH/c1-27(24,25)11-6-4-10(5-7-11)14(26-13(22)3-2-8-20)12(9-19)21-16(23)15(17)18;/h4-7,12,14-15H,2-3,8-9,20H2,1H3,(H,21,23);1H. The van der Waals surface area contributed by atoms with Crippen molar-refractivity contribution >= 4 is 57.3 Å². The Labute approximate surface area is 179 Å². The summed E-state index contributed by atoms with van der Waals surface area (Å²) in [5.41, 5.74) is 5.65. The quantitative estimate of drug-likeness (QED) is 0.392. The maximum Gasteiger partial charge on any atom is 0.306 e. The molecule has 3 N–H and O–H groups in total. The number of amides is 1. The molecule has 1 aromatic rings. The summed E-state index contributed by atoms with van der Waals surface area (Å²) in [5.74, 6) is -1.49. The summed E-state index contributed by atoms with van der Waals surface area (Å²) in [5, 5.41) is 2.27. The van der Waals surface area contributed by atoms with Crippen molar-refractivity contribution in [3.63, 3.8) is 0 Å². The number of esters is 1. The number of ether oxygens (including phenoxy) is 1. The highest BCUT2D eigenvalue weighted by atomic mass is 35.5. The third-order valence-electron chi connectivity index (χ3n) is 3.54. The van der Waals surface area contributed by atoms with Crippen LogP contribution < -0.4 is 11.1 Å². The highest BCUT2D eigenvalue weighted by Gasteiger charge is 2.30. The summed E-state index contributed by atoms with van der Waals surface area (Å²) in [6, 6.07) is 4.10. The maximum atomic E-state index is 13.6. The molecule has 0 bridgehead atoms. The zero-order chi connectivity index (χ0) is 20.6. The Kier molecular flexibility index (Phi) is 11.9. The van der Waals surface area contributed by atoms with Gasteiger partial charge in [-0.2, -0.15) is 0 Å². The molecule has 0 aliphatic carbocycles. The van der Waals surface area contributed by atoms with Crippen LogP contribution in [0.2, 0.25) is 0 Å². The number of hydrogen-bond donors (Lipinski definition) is 2. The Balaban J connectivity index is 0.00000729. The van der Waals surface area contributed by atoms with Gasteiger partial charge in [-0.15, -0.1) is 12.4 Å². The monoisotopic (exact) mass is 478 g/mol. The van der Waals surface area contributed by atoms with Gasteiger partial charge in [0.05, 0.1) is 10.9 Å². The molecular weight excluding hydrogens is 458 g/mol. The van der Waals surface area contributed by atoms with Crippen LogP contribution in [0.5, 0.6) is 0 Å². The van der Waals surface area contributed by atoms with Gasteiger partial charge >= 0.3 is 5.97 Å². The molecule has 1 aromatic carbocycles. The molecule has 1 amide bonds. The van der Waals surface area contributed by atoms with Gasteiger partial charge in [0, 0.05) is 12.7 Å². The summed E-state index contributed by atoms with van der Waals surface area (Å²) in [6.45, 7) is -0.804. The molecule has 0 saturated carbocycles. The zero-order valence-corrected chi connectivity index (χ0v) is 18.1. The van der Waals surface area contributed by atoms with Crippen LogP contribution >= 0.6 is 35.6 Å². The van der Waals surface area contributed by atoms with Crippen LogP contribution in [0.1, 0.15) is 24.5 Å². The van der Waals surface area contributed by atoms with Gasteiger partial charge in [-0.25, -0.2) is 12.8 Å². The number of halogens is 4. The number of carbonyl (C=O) groups excluding carboxylic acids is 2. The van der Waals surface area contributed by atoms with Crippen LogP contribution in [0.3, 0.4) is 0 Å². The van der Waals surface area contributed by atoms with E-state index >= 15 is 0 Å². The van der Waals surface area contributed by atoms with Crippen molar-refractivity contribution < 1.29 is 27.1 Å². The fourth-order valence-corrected chi connectivity index (χ4v) is 2.93. The van der Waals surface area contributed by atoms with Gasteiger partial charge in [0.1, 0.15) is 12.8 Å². The molecule has 0 radical (unpaired) electrons. The van der Waals surface area contributed by atoms with Gasteiger partial charge < -0.3 is 15.8 Å². The van der Waals surface area contributed by atoms with Crippen LogP contribution in [0, 0.1) is 0 Å². The Morgan fingerprint density at radius 3 is 2.25 bits per heavy atom. The van der Waals surface area contributed by atoms with Gasteiger partial charge in [0.15, 0.2) is 14.7 Å². The van der Waals surface area contributed by atoms with Gasteiger partial charge in [0.25, 0.3) is 5.91 Å². The number of sulfone groups is 1. The van der Waals surface area contributed by atoms with Crippen LogP contribution in [0.25, 0.3) is 0 Å². The lowest BCUT2D eigenvalue weighted by atomic mass is 10.0. The van der Waals surface area contributed by atoms with Crippen LogP contribution in [0.4, 0.5) is 4.39 Å². The topological polar surface area (TPSA) is 116 Å². The Morgan fingerprint density at radius 2 is 1.82 bits per heavy atom. The molecule has 2 atom stereocenters. The molecule has 7 nitrogen and oxygen atoms in total. The Bertz CT molecular complexity index is 747. The molecule has 12 heteroatoms. The van der Waals surface area contributed by atoms with E-state index in [4.69, 9.17) is 33.7 Å². The van der Waals surface area contributed by atoms with E-state index in [0.29, 0.717) is 12.0 Å². The smallest absolute Gasteiger partial charge is 0.306 e. The van der Waals surface area contributed by atoms with Crippen LogP contribution in [-0.4, -0.2) is 50.6 Å². The van der Waals surface area contributed by atoms with E-state index in [0.717, 1.165) is 6.26 Å². The van der Waals surface area contributed by atoms with E-state index in [2.05, 4.69) is 5.32 Å². The third-order valence-corrected chi connectivity index (χ3v) is 5.06. The van der Waals surface area contributed by atoms with Crippen molar-refractivity contribution in [3.8, 4) is 0 Å². The highest BCUT2D eigenvalue weighted by molar-refractivity contribution is 7.90. The Hall–Kier alpha value is -1.13. The van der Waals surface area contributed by atoms with Crippen molar-refractivity contribution in [2.75, 3.05) is 19.5 Å². The summed E-state index contributed by atoms with van der Waals surface area (Å²) < 4.78 is 42.0. The molecule has 0 fully saturated rings. The molecule has 0 aromatic heterocycles. The van der Waals surface area contributed by atoms with Gasteiger partial charge in [-0.05, 0) is 30.7 Å². The third kappa shape index (κ3) is 8.48. The minimum Gasteiger partial charge on any atom is -0.455 e. The summed E-state index contributed by atoms with van der Waals surface area (Å²) in [6.07, 6.45) is 0.217. The first kappa shape index (κ1) is 26.9. The summed E-state index contributed by atoms with van der Waals surface area (Å²) in [7, 11) is -3.44. The normalized spacial score (nSPS) is 13.4. The van der Waals surface area contributed by atoms with Crippen molar-refractivity contribution in [2.45, 2.75) is 34.7 Å². The number of benzene rings is 1. The van der Waals surface area contributed by atoms with Crippen molar-refractivity contribution in [2.24, 2.45) is 5.73 Å². The van der Waals surface area contributed by atoms with E-state index in [1.807, 2.05) is 0 Å². The predicted octanol–water partition coefficient (Wildman–Crippen LogP) is 2.09. The molecule has 1 rings (SSSR count). The number of rotatable bonds is 10. The minimum atomic E-state index is -3.44. The van der Waals surface area contributed by atoms with E-state index in [-0.39, 0.29) is 30.3 Å². The lowest BCUT2D eigenvalue weighted by Gasteiger charge is -2.26. The van der Waals surface area contributed by atoms with E-state index < -0.39 is 45.4 Å². The zero-order valence-electron chi connectivity index (χ0n) is 14.9. The lowest BCUT2D eigenvalue weighted by molar-refractivity contribution is -0.152. The number of alkyl halides is 3. The van der Waals surface area contributed by atoms with Crippen molar-refractivity contribution in [1.82, 2.24) is 5.32 Å². The molecule has 0 spiro atoms. The lowest BCUT2D eigenvalue weighted by Crippen LogP contribution is -2.44. The second-order valence-corrected chi connectivity index (χ2v) is 8.83. The molecule has 0 heterocycles. The first-order valence-corrected chi connectivity index (χ1v) is 10.7. The van der Waals surface area contributed by atoms with Gasteiger partial charge in [-0.1, -0.05) is 35.3 Å². The maximum absolute atomic E-state index is 13.6. The van der Waals surface area contributed by atoms with E-state index in [1.165, 1.54) is 24.3 Å². The molecule has 0 saturated heterocycles. The second-order valence-electron chi connectivity index (χ2n) is 5.71. The fourth-order valence-electron chi connectivity index (χ4n) is 2.18. The minimum absolute atomic E-state index is 0.